The van der Waals surface area contributed by atoms with E-state index >= 15 is 0 Å². The van der Waals surface area contributed by atoms with Gasteiger partial charge in [-0.1, -0.05) is 24.3 Å². The highest BCUT2D eigenvalue weighted by molar-refractivity contribution is 5.76. The van der Waals surface area contributed by atoms with Crippen LogP contribution in [0.2, 0.25) is 0 Å². The molecule has 4 aliphatic heterocycles. The Kier molecular flexibility index (Phi) is 5.67. The zero-order valence-corrected chi connectivity index (χ0v) is 19.6. The zero-order chi connectivity index (χ0) is 23.1. The number of hydrogen-bond donors (Lipinski definition) is 1. The molecular formula is C26H33N5O3. The molecule has 1 aromatic carbocycles. The summed E-state index contributed by atoms with van der Waals surface area (Å²) in [5.41, 5.74) is 5.16. The highest BCUT2D eigenvalue weighted by Crippen LogP contribution is 2.39. The Morgan fingerprint density at radius 3 is 2.53 bits per heavy atom. The number of β-amino-alcohol motifs (C(OH)–C–C–N with tert-alkyl or cyclic N) is 1. The number of anilines is 1. The van der Waals surface area contributed by atoms with Gasteiger partial charge in [-0.15, -0.1) is 0 Å². The Morgan fingerprint density at radius 2 is 1.79 bits per heavy atom. The van der Waals surface area contributed by atoms with Crippen molar-refractivity contribution in [3.63, 3.8) is 0 Å². The molecule has 8 nitrogen and oxygen atoms in total. The summed E-state index contributed by atoms with van der Waals surface area (Å²) in [6, 6.07) is 12.6. The molecule has 2 aromatic rings. The summed E-state index contributed by atoms with van der Waals surface area (Å²) < 4.78 is 5.35. The van der Waals surface area contributed by atoms with E-state index in [1.165, 1.54) is 11.1 Å². The van der Waals surface area contributed by atoms with Gasteiger partial charge in [-0.25, -0.2) is 4.79 Å². The summed E-state index contributed by atoms with van der Waals surface area (Å²) in [5, 5.41) is 10.7. The number of fused-ring (bicyclic) bond motifs is 1. The van der Waals surface area contributed by atoms with Gasteiger partial charge in [0.15, 0.2) is 0 Å². The van der Waals surface area contributed by atoms with Crippen LogP contribution >= 0.6 is 0 Å². The minimum atomic E-state index is -0.549. The lowest BCUT2D eigenvalue weighted by Crippen LogP contribution is -2.66. The first-order valence-electron chi connectivity index (χ1n) is 12.4. The third kappa shape index (κ3) is 4.26. The van der Waals surface area contributed by atoms with Gasteiger partial charge in [0.25, 0.3) is 0 Å². The number of rotatable bonds is 7. The molecule has 4 aliphatic rings. The molecule has 0 bridgehead atoms. The molecule has 1 N–H and O–H groups in total. The highest BCUT2D eigenvalue weighted by atomic mass is 16.5. The average molecular weight is 464 g/mol. The van der Waals surface area contributed by atoms with Crippen LogP contribution in [-0.4, -0.2) is 96.0 Å². The number of pyridine rings is 1. The summed E-state index contributed by atoms with van der Waals surface area (Å²) in [6.45, 7) is 8.43. The van der Waals surface area contributed by atoms with Crippen molar-refractivity contribution in [3.8, 4) is 0 Å². The summed E-state index contributed by atoms with van der Waals surface area (Å²) in [4.78, 5) is 25.8. The van der Waals surface area contributed by atoms with Gasteiger partial charge in [0.1, 0.15) is 0 Å². The fourth-order valence-corrected chi connectivity index (χ4v) is 5.68. The number of ether oxygens (including phenoxy) is 1. The summed E-state index contributed by atoms with van der Waals surface area (Å²) >= 11 is 0. The van der Waals surface area contributed by atoms with Crippen LogP contribution in [0.3, 0.4) is 0 Å². The second-order valence-corrected chi connectivity index (χ2v) is 10.4. The maximum Gasteiger partial charge on any atom is 0.320 e. The molecule has 0 radical (unpaired) electrons. The van der Waals surface area contributed by atoms with Gasteiger partial charge in [0.05, 0.1) is 48.9 Å². The number of urea groups is 1. The smallest absolute Gasteiger partial charge is 0.320 e. The van der Waals surface area contributed by atoms with Crippen molar-refractivity contribution in [3.05, 3.63) is 59.4 Å². The summed E-state index contributed by atoms with van der Waals surface area (Å²) in [7, 11) is 0. The Bertz CT molecular complexity index is 1030. The molecule has 1 aromatic heterocycles. The normalized spacial score (nSPS) is 22.5. The molecule has 0 saturated carbocycles. The quantitative estimate of drug-likeness (QED) is 0.672. The molecule has 1 atom stereocenters. The van der Waals surface area contributed by atoms with E-state index in [4.69, 9.17) is 4.74 Å². The van der Waals surface area contributed by atoms with Crippen molar-refractivity contribution in [1.29, 1.82) is 0 Å². The number of aliphatic hydroxyl groups is 1. The second kappa shape index (κ2) is 8.83. The van der Waals surface area contributed by atoms with Gasteiger partial charge in [-0.3, -0.25) is 9.88 Å². The Hall–Kier alpha value is -2.68. The second-order valence-electron chi connectivity index (χ2n) is 10.4. The topological polar surface area (TPSA) is 72.4 Å². The van der Waals surface area contributed by atoms with E-state index in [9.17, 15) is 9.90 Å². The third-order valence-electron chi connectivity index (χ3n) is 7.69. The van der Waals surface area contributed by atoms with Crippen molar-refractivity contribution in [2.45, 2.75) is 25.6 Å². The fraction of sp³-hybridized carbons (Fsp3) is 0.538. The molecule has 8 heteroatoms. The van der Waals surface area contributed by atoms with Crippen LogP contribution in [0.15, 0.2) is 42.6 Å². The monoisotopic (exact) mass is 463 g/mol. The molecule has 0 aliphatic carbocycles. The molecule has 3 fully saturated rings. The molecule has 5 heterocycles. The predicted molar refractivity (Wildman–Crippen MR) is 129 cm³/mol. The van der Waals surface area contributed by atoms with Crippen LogP contribution in [0.4, 0.5) is 10.5 Å². The van der Waals surface area contributed by atoms with Crippen molar-refractivity contribution in [2.75, 3.05) is 63.9 Å². The number of benzene rings is 1. The third-order valence-corrected chi connectivity index (χ3v) is 7.69. The molecular weight excluding hydrogens is 430 g/mol. The van der Waals surface area contributed by atoms with Gasteiger partial charge in [-0.05, 0) is 29.7 Å². The Balaban J connectivity index is 0.974. The van der Waals surface area contributed by atoms with Gasteiger partial charge in [0, 0.05) is 52.4 Å². The van der Waals surface area contributed by atoms with Crippen molar-refractivity contribution in [1.82, 2.24) is 19.7 Å². The molecule has 6 rings (SSSR count). The average Bonchev–Trinajstić information content (AvgIpc) is 3.12. The van der Waals surface area contributed by atoms with Crippen molar-refractivity contribution >= 4 is 11.7 Å². The SMILES string of the molecule is O=C1N(Cc2ccc(N3CC4(COC4)C3)cn2)CCN1C[C@H](O)CN1CCc2ccccc2C1. The Labute approximate surface area is 200 Å². The standard InChI is InChI=1S/C26H33N5O3/c32-24(14-28-8-7-20-3-1-2-4-21(20)12-28)15-30-10-9-29(25(30)33)13-22-5-6-23(11-27-22)31-16-26(17-31)18-34-19-26/h1-6,11,24,32H,7-10,12-19H2/t24-/m1/s1. The predicted octanol–water partition coefficient (Wildman–Crippen LogP) is 1.58. The number of amides is 2. The minimum Gasteiger partial charge on any atom is -0.390 e. The maximum absolute atomic E-state index is 12.9. The first kappa shape index (κ1) is 21.8. The van der Waals surface area contributed by atoms with Crippen LogP contribution in [0.5, 0.6) is 0 Å². The van der Waals surface area contributed by atoms with E-state index < -0.39 is 6.10 Å². The summed E-state index contributed by atoms with van der Waals surface area (Å²) in [6.07, 6.45) is 2.38. The zero-order valence-electron chi connectivity index (χ0n) is 19.6. The molecule has 2 amide bonds. The summed E-state index contributed by atoms with van der Waals surface area (Å²) in [5.74, 6) is 0. The maximum atomic E-state index is 12.9. The number of aliphatic hydroxyl groups excluding tert-OH is 1. The molecule has 1 spiro atoms. The van der Waals surface area contributed by atoms with E-state index in [0.717, 1.165) is 57.2 Å². The van der Waals surface area contributed by atoms with Crippen molar-refractivity contribution < 1.29 is 14.6 Å². The Morgan fingerprint density at radius 1 is 1.00 bits per heavy atom. The number of nitrogens with zero attached hydrogens (tertiary/aromatic N) is 5. The number of carbonyl (C=O) groups excluding carboxylic acids is 1. The minimum absolute atomic E-state index is 0.0106. The van der Waals surface area contributed by atoms with Crippen LogP contribution in [0.1, 0.15) is 16.8 Å². The lowest BCUT2D eigenvalue weighted by molar-refractivity contribution is -0.127. The first-order valence-corrected chi connectivity index (χ1v) is 12.4. The van der Waals surface area contributed by atoms with Gasteiger partial charge >= 0.3 is 6.03 Å². The van der Waals surface area contributed by atoms with Gasteiger partial charge in [-0.2, -0.15) is 0 Å². The number of hydrogen-bond acceptors (Lipinski definition) is 6. The van der Waals surface area contributed by atoms with Crippen molar-refractivity contribution in [2.24, 2.45) is 5.41 Å². The van der Waals surface area contributed by atoms with Crippen LogP contribution < -0.4 is 4.90 Å². The van der Waals surface area contributed by atoms with E-state index in [2.05, 4.69) is 45.1 Å². The first-order chi connectivity index (χ1) is 16.6. The lowest BCUT2D eigenvalue weighted by atomic mass is 9.78. The van der Waals surface area contributed by atoms with E-state index in [0.29, 0.717) is 38.1 Å². The van der Waals surface area contributed by atoms with Gasteiger partial charge < -0.3 is 24.5 Å². The van der Waals surface area contributed by atoms with Crippen LogP contribution in [-0.2, 0) is 24.2 Å². The van der Waals surface area contributed by atoms with Gasteiger partial charge in [0.2, 0.25) is 0 Å². The van der Waals surface area contributed by atoms with E-state index in [1.54, 1.807) is 4.90 Å². The molecule has 34 heavy (non-hydrogen) atoms. The van der Waals surface area contributed by atoms with E-state index in [-0.39, 0.29) is 6.03 Å². The number of aromatic nitrogens is 1. The van der Waals surface area contributed by atoms with E-state index in [1.807, 2.05) is 17.2 Å². The van der Waals surface area contributed by atoms with Crippen LogP contribution in [0.25, 0.3) is 0 Å². The number of carbonyl (C=O) groups is 1. The largest absolute Gasteiger partial charge is 0.390 e. The lowest BCUT2D eigenvalue weighted by Gasteiger charge is -2.55. The molecule has 0 unspecified atom stereocenters. The van der Waals surface area contributed by atoms with Crippen LogP contribution in [0, 0.1) is 5.41 Å². The molecule has 3 saturated heterocycles. The highest BCUT2D eigenvalue weighted by Gasteiger charge is 2.49. The fourth-order valence-electron chi connectivity index (χ4n) is 5.68. The molecule has 180 valence electrons.